The summed E-state index contributed by atoms with van der Waals surface area (Å²) >= 11 is 0. The number of anilines is 2. The molecule has 5 nitrogen and oxygen atoms in total. The number of rotatable bonds is 4. The SMILES string of the molecule is CC1(C(N)=O)Cc2cc([C]=O)ccc2NC1c1cccc(N2CC(F)C2)c1. The highest BCUT2D eigenvalue weighted by Crippen LogP contribution is 2.45. The maximum Gasteiger partial charge on any atom is 0.233 e. The number of fused-ring (bicyclic) bond motifs is 1. The zero-order valence-electron chi connectivity index (χ0n) is 15.0. The molecule has 27 heavy (non-hydrogen) atoms. The fourth-order valence-electron chi connectivity index (χ4n) is 3.97. The molecule has 0 aromatic heterocycles. The number of carbonyl (C=O) groups is 1. The quantitative estimate of drug-likeness (QED) is 0.872. The number of alkyl halides is 1. The molecular formula is C21H21FN3O2. The van der Waals surface area contributed by atoms with E-state index in [1.165, 1.54) is 0 Å². The van der Waals surface area contributed by atoms with Crippen molar-refractivity contribution in [3.63, 3.8) is 0 Å². The van der Waals surface area contributed by atoms with E-state index in [0.29, 0.717) is 25.1 Å². The second kappa shape index (κ2) is 6.37. The summed E-state index contributed by atoms with van der Waals surface area (Å²) < 4.78 is 13.2. The number of hydrogen-bond acceptors (Lipinski definition) is 4. The molecule has 3 N–H and O–H groups in total. The van der Waals surface area contributed by atoms with E-state index in [2.05, 4.69) is 5.32 Å². The van der Waals surface area contributed by atoms with Crippen LogP contribution in [0.3, 0.4) is 0 Å². The van der Waals surface area contributed by atoms with Gasteiger partial charge in [-0.1, -0.05) is 12.1 Å². The average Bonchev–Trinajstić information content (AvgIpc) is 2.64. The monoisotopic (exact) mass is 366 g/mol. The standard InChI is InChI=1S/C21H21FN3O2/c1-21(20(23)27)9-15-7-13(12-26)5-6-18(15)24-19(21)14-3-2-4-17(8-14)25-10-16(22)11-25/h2-8,16,19,24H,9-11H2,1H3,(H2,23,27). The van der Waals surface area contributed by atoms with Crippen LogP contribution in [0.5, 0.6) is 0 Å². The topological polar surface area (TPSA) is 75.4 Å². The molecule has 2 aromatic rings. The van der Waals surface area contributed by atoms with Crippen LogP contribution in [0.2, 0.25) is 0 Å². The van der Waals surface area contributed by atoms with Crippen molar-refractivity contribution < 1.29 is 14.0 Å². The number of benzene rings is 2. The molecule has 1 amide bonds. The van der Waals surface area contributed by atoms with Gasteiger partial charge in [-0.2, -0.15) is 0 Å². The molecule has 139 valence electrons. The molecule has 2 unspecified atom stereocenters. The lowest BCUT2D eigenvalue weighted by Crippen LogP contribution is -2.49. The van der Waals surface area contributed by atoms with Gasteiger partial charge in [-0.05, 0) is 54.8 Å². The van der Waals surface area contributed by atoms with Crippen molar-refractivity contribution in [3.05, 3.63) is 59.2 Å². The Balaban J connectivity index is 1.73. The van der Waals surface area contributed by atoms with Crippen molar-refractivity contribution in [1.29, 1.82) is 0 Å². The van der Waals surface area contributed by atoms with Crippen LogP contribution in [-0.4, -0.2) is 31.5 Å². The van der Waals surface area contributed by atoms with E-state index >= 15 is 0 Å². The first-order valence-electron chi connectivity index (χ1n) is 8.97. The molecule has 1 radical (unpaired) electrons. The Bertz CT molecular complexity index is 910. The van der Waals surface area contributed by atoms with Crippen LogP contribution in [0.1, 0.15) is 29.7 Å². The van der Waals surface area contributed by atoms with Gasteiger partial charge in [0.05, 0.1) is 24.5 Å². The summed E-state index contributed by atoms with van der Waals surface area (Å²) in [6.07, 6.45) is 1.52. The zero-order chi connectivity index (χ0) is 19.2. The first-order chi connectivity index (χ1) is 12.9. The smallest absolute Gasteiger partial charge is 0.233 e. The van der Waals surface area contributed by atoms with Crippen molar-refractivity contribution in [2.24, 2.45) is 11.1 Å². The Labute approximate surface area is 157 Å². The van der Waals surface area contributed by atoms with E-state index < -0.39 is 17.5 Å². The minimum atomic E-state index is -0.870. The minimum absolute atomic E-state index is 0.323. The molecule has 0 bridgehead atoms. The van der Waals surface area contributed by atoms with Crippen LogP contribution in [-0.2, 0) is 16.0 Å². The fourth-order valence-corrected chi connectivity index (χ4v) is 3.97. The normalized spacial score (nSPS) is 24.5. The van der Waals surface area contributed by atoms with Gasteiger partial charge >= 0.3 is 0 Å². The van der Waals surface area contributed by atoms with Gasteiger partial charge in [-0.25, -0.2) is 4.39 Å². The first-order valence-corrected chi connectivity index (χ1v) is 8.97. The third-order valence-electron chi connectivity index (χ3n) is 5.69. The van der Waals surface area contributed by atoms with E-state index in [1.807, 2.05) is 48.4 Å². The summed E-state index contributed by atoms with van der Waals surface area (Å²) in [6.45, 7) is 2.62. The van der Waals surface area contributed by atoms with Gasteiger partial charge in [0, 0.05) is 16.9 Å². The highest BCUT2D eigenvalue weighted by molar-refractivity contribution is 5.85. The molecule has 1 fully saturated rings. The predicted octanol–water partition coefficient (Wildman–Crippen LogP) is 2.50. The number of nitrogens with one attached hydrogen (secondary N) is 1. The van der Waals surface area contributed by atoms with Crippen molar-refractivity contribution >= 4 is 23.6 Å². The maximum absolute atomic E-state index is 13.2. The molecule has 2 heterocycles. The fraction of sp³-hybridized carbons (Fsp3) is 0.333. The summed E-state index contributed by atoms with van der Waals surface area (Å²) in [5, 5.41) is 3.42. The molecule has 2 aromatic carbocycles. The second-order valence-corrected chi connectivity index (χ2v) is 7.61. The summed E-state index contributed by atoms with van der Waals surface area (Å²) in [5.74, 6) is -0.413. The van der Waals surface area contributed by atoms with Crippen molar-refractivity contribution in [2.45, 2.75) is 25.6 Å². The lowest BCUT2D eigenvalue weighted by Gasteiger charge is -2.42. The lowest BCUT2D eigenvalue weighted by molar-refractivity contribution is -0.127. The third kappa shape index (κ3) is 2.95. The summed E-state index contributed by atoms with van der Waals surface area (Å²) in [7, 11) is 0. The maximum atomic E-state index is 13.2. The van der Waals surface area contributed by atoms with Crippen molar-refractivity contribution in [3.8, 4) is 0 Å². The third-order valence-corrected chi connectivity index (χ3v) is 5.69. The molecule has 2 aliphatic heterocycles. The first kappa shape index (κ1) is 17.5. The number of hydrogen-bond donors (Lipinski definition) is 2. The molecule has 1 saturated heterocycles. The number of primary amides is 1. The van der Waals surface area contributed by atoms with E-state index in [0.717, 1.165) is 22.5 Å². The molecule has 0 saturated carbocycles. The van der Waals surface area contributed by atoms with Crippen LogP contribution in [0.25, 0.3) is 0 Å². The van der Waals surface area contributed by atoms with E-state index in [9.17, 15) is 14.0 Å². The Morgan fingerprint density at radius 1 is 1.30 bits per heavy atom. The van der Waals surface area contributed by atoms with Gasteiger partial charge in [-0.15, -0.1) is 0 Å². The lowest BCUT2D eigenvalue weighted by atomic mass is 9.70. The average molecular weight is 366 g/mol. The zero-order valence-corrected chi connectivity index (χ0v) is 15.0. The van der Waals surface area contributed by atoms with Crippen LogP contribution in [0.15, 0.2) is 42.5 Å². The Morgan fingerprint density at radius 2 is 2.07 bits per heavy atom. The highest BCUT2D eigenvalue weighted by atomic mass is 19.1. The number of halogens is 1. The second-order valence-electron chi connectivity index (χ2n) is 7.61. The van der Waals surface area contributed by atoms with Crippen LogP contribution in [0, 0.1) is 5.41 Å². The number of nitrogens with two attached hydrogens (primary N) is 1. The van der Waals surface area contributed by atoms with E-state index in [1.54, 1.807) is 12.1 Å². The summed E-state index contributed by atoms with van der Waals surface area (Å²) in [4.78, 5) is 25.3. The van der Waals surface area contributed by atoms with Gasteiger partial charge in [0.2, 0.25) is 12.2 Å². The van der Waals surface area contributed by atoms with Crippen LogP contribution >= 0.6 is 0 Å². The van der Waals surface area contributed by atoms with E-state index in [-0.39, 0.29) is 6.04 Å². The number of carbonyl (C=O) groups excluding carboxylic acids is 2. The molecule has 4 rings (SSSR count). The van der Waals surface area contributed by atoms with Gasteiger partial charge in [0.15, 0.2) is 0 Å². The van der Waals surface area contributed by atoms with E-state index in [4.69, 9.17) is 5.73 Å². The van der Waals surface area contributed by atoms with Gasteiger partial charge in [0.25, 0.3) is 0 Å². The van der Waals surface area contributed by atoms with Crippen molar-refractivity contribution in [1.82, 2.24) is 0 Å². The molecule has 0 spiro atoms. The molecular weight excluding hydrogens is 345 g/mol. The Hall–Kier alpha value is -2.89. The predicted molar refractivity (Wildman–Crippen MR) is 102 cm³/mol. The summed E-state index contributed by atoms with van der Waals surface area (Å²) in [6, 6.07) is 12.7. The number of amides is 1. The van der Waals surface area contributed by atoms with Crippen LogP contribution < -0.4 is 16.0 Å². The summed E-state index contributed by atoms with van der Waals surface area (Å²) in [5.41, 5.74) is 8.97. The minimum Gasteiger partial charge on any atom is -0.377 e. The number of nitrogens with zero attached hydrogens (tertiary/aromatic N) is 1. The molecule has 2 atom stereocenters. The van der Waals surface area contributed by atoms with Crippen LogP contribution in [0.4, 0.5) is 15.8 Å². The van der Waals surface area contributed by atoms with Gasteiger partial charge in [-0.3, -0.25) is 9.59 Å². The Kier molecular flexibility index (Phi) is 4.13. The Morgan fingerprint density at radius 3 is 2.74 bits per heavy atom. The highest BCUT2D eigenvalue weighted by Gasteiger charge is 2.44. The molecule has 6 heteroatoms. The largest absolute Gasteiger partial charge is 0.377 e. The molecule has 0 aliphatic carbocycles. The van der Waals surface area contributed by atoms with Gasteiger partial charge in [0.1, 0.15) is 6.17 Å². The van der Waals surface area contributed by atoms with Crippen molar-refractivity contribution in [2.75, 3.05) is 23.3 Å². The van der Waals surface area contributed by atoms with Gasteiger partial charge < -0.3 is 16.0 Å². The molecule has 2 aliphatic rings.